The summed E-state index contributed by atoms with van der Waals surface area (Å²) in [6.07, 6.45) is 4.82. The first-order valence-corrected chi connectivity index (χ1v) is 7.34. The molecule has 2 aliphatic rings. The van der Waals surface area contributed by atoms with Crippen LogP contribution in [0.4, 0.5) is 0 Å². The van der Waals surface area contributed by atoms with Crippen LogP contribution in [0.5, 0.6) is 0 Å². The Hall–Kier alpha value is -0.0800. The predicted octanol–water partition coefficient (Wildman–Crippen LogP) is 2.90. The summed E-state index contributed by atoms with van der Waals surface area (Å²) in [5.41, 5.74) is 0.110. The Kier molecular flexibility index (Phi) is 3.84. The van der Waals surface area contributed by atoms with E-state index in [1.165, 1.54) is 38.8 Å². The van der Waals surface area contributed by atoms with E-state index in [-0.39, 0.29) is 11.5 Å². The highest BCUT2D eigenvalue weighted by molar-refractivity contribution is 4.95. The number of hydrogen-bond acceptors (Lipinski definition) is 2. The van der Waals surface area contributed by atoms with Gasteiger partial charge >= 0.3 is 0 Å². The summed E-state index contributed by atoms with van der Waals surface area (Å²) >= 11 is 0. The normalized spacial score (nSPS) is 38.8. The third kappa shape index (κ3) is 2.68. The van der Waals surface area contributed by atoms with Gasteiger partial charge < -0.3 is 5.11 Å². The summed E-state index contributed by atoms with van der Waals surface area (Å²) in [4.78, 5) is 2.57. The molecular weight excluding hydrogens is 210 g/mol. The first kappa shape index (κ1) is 13.4. The highest BCUT2D eigenvalue weighted by Gasteiger charge is 2.42. The highest BCUT2D eigenvalue weighted by Crippen LogP contribution is 2.39. The van der Waals surface area contributed by atoms with Crippen LogP contribution in [0, 0.1) is 17.3 Å². The van der Waals surface area contributed by atoms with E-state index in [0.29, 0.717) is 6.04 Å². The van der Waals surface area contributed by atoms with Crippen molar-refractivity contribution in [3.05, 3.63) is 0 Å². The van der Waals surface area contributed by atoms with Crippen molar-refractivity contribution in [2.75, 3.05) is 13.1 Å². The van der Waals surface area contributed by atoms with Crippen molar-refractivity contribution < 1.29 is 5.11 Å². The Balaban J connectivity index is 1.99. The van der Waals surface area contributed by atoms with Gasteiger partial charge in [-0.3, -0.25) is 4.90 Å². The van der Waals surface area contributed by atoms with Crippen molar-refractivity contribution >= 4 is 0 Å². The van der Waals surface area contributed by atoms with E-state index in [9.17, 15) is 5.11 Å². The van der Waals surface area contributed by atoms with Gasteiger partial charge in [0.25, 0.3) is 0 Å². The maximum Gasteiger partial charge on any atom is 0.0746 e. The topological polar surface area (TPSA) is 23.5 Å². The molecule has 1 N–H and O–H groups in total. The van der Waals surface area contributed by atoms with Crippen LogP contribution in [0.25, 0.3) is 0 Å². The van der Waals surface area contributed by atoms with E-state index in [0.717, 1.165) is 11.8 Å². The van der Waals surface area contributed by atoms with Gasteiger partial charge in [-0.2, -0.15) is 0 Å². The fraction of sp³-hybridized carbons (Fsp3) is 1.00. The summed E-state index contributed by atoms with van der Waals surface area (Å²) in [7, 11) is 0. The molecule has 0 amide bonds. The van der Waals surface area contributed by atoms with E-state index in [2.05, 4.69) is 32.6 Å². The molecule has 1 aliphatic carbocycles. The third-order valence-corrected chi connectivity index (χ3v) is 5.15. The van der Waals surface area contributed by atoms with Gasteiger partial charge in [0, 0.05) is 12.6 Å². The zero-order chi connectivity index (χ0) is 12.6. The molecule has 0 spiro atoms. The Morgan fingerprint density at radius 3 is 2.53 bits per heavy atom. The van der Waals surface area contributed by atoms with Crippen molar-refractivity contribution in [1.82, 2.24) is 4.90 Å². The zero-order valence-corrected chi connectivity index (χ0v) is 11.9. The molecule has 3 unspecified atom stereocenters. The van der Waals surface area contributed by atoms with Gasteiger partial charge in [0.15, 0.2) is 0 Å². The van der Waals surface area contributed by atoms with Crippen molar-refractivity contribution in [3.8, 4) is 0 Å². The minimum absolute atomic E-state index is 0.110. The lowest BCUT2D eigenvalue weighted by Gasteiger charge is -2.44. The van der Waals surface area contributed by atoms with Gasteiger partial charge in [0.05, 0.1) is 6.10 Å². The first-order valence-electron chi connectivity index (χ1n) is 7.34. The van der Waals surface area contributed by atoms with Gasteiger partial charge in [0.1, 0.15) is 0 Å². The molecule has 17 heavy (non-hydrogen) atoms. The summed E-state index contributed by atoms with van der Waals surface area (Å²) in [6, 6.07) is 0.419. The summed E-state index contributed by atoms with van der Waals surface area (Å²) in [5.74, 6) is 1.63. The molecule has 2 rings (SSSR count). The van der Waals surface area contributed by atoms with E-state index < -0.39 is 0 Å². The second-order valence-electron chi connectivity index (χ2n) is 7.18. The molecule has 0 aromatic rings. The number of rotatable bonds is 2. The smallest absolute Gasteiger partial charge is 0.0746 e. The predicted molar refractivity (Wildman–Crippen MR) is 71.9 cm³/mol. The maximum atomic E-state index is 10.5. The van der Waals surface area contributed by atoms with Gasteiger partial charge in [-0.1, -0.05) is 34.1 Å². The quantitative estimate of drug-likeness (QED) is 0.801. The molecule has 1 saturated heterocycles. The molecule has 3 atom stereocenters. The number of nitrogens with zero attached hydrogens (tertiary/aromatic N) is 1. The Labute approximate surface area is 106 Å². The standard InChI is InChI=1S/C15H29NO/c1-11(2)12-7-9-16(10-12)13-6-5-8-15(3,4)14(13)17/h11-14,17H,5-10H2,1-4H3. The summed E-state index contributed by atoms with van der Waals surface area (Å²) in [5, 5.41) is 10.5. The fourth-order valence-electron chi connectivity index (χ4n) is 3.64. The largest absolute Gasteiger partial charge is 0.391 e. The van der Waals surface area contributed by atoms with Crippen LogP contribution in [0.2, 0.25) is 0 Å². The van der Waals surface area contributed by atoms with Crippen molar-refractivity contribution in [2.24, 2.45) is 17.3 Å². The van der Waals surface area contributed by atoms with E-state index in [4.69, 9.17) is 0 Å². The van der Waals surface area contributed by atoms with Crippen LogP contribution in [0.1, 0.15) is 53.4 Å². The average Bonchev–Trinajstić information content (AvgIpc) is 2.71. The van der Waals surface area contributed by atoms with Crippen LogP contribution in [-0.4, -0.2) is 35.2 Å². The van der Waals surface area contributed by atoms with Crippen LogP contribution in [0.15, 0.2) is 0 Å². The lowest BCUT2D eigenvalue weighted by atomic mass is 9.72. The molecular formula is C15H29NO. The summed E-state index contributed by atoms with van der Waals surface area (Å²) in [6.45, 7) is 11.5. The number of hydrogen-bond donors (Lipinski definition) is 1. The van der Waals surface area contributed by atoms with Crippen LogP contribution in [0.3, 0.4) is 0 Å². The second kappa shape index (κ2) is 4.89. The molecule has 2 fully saturated rings. The number of aliphatic hydroxyl groups is 1. The van der Waals surface area contributed by atoms with Gasteiger partial charge in [-0.15, -0.1) is 0 Å². The van der Waals surface area contributed by atoms with Crippen molar-refractivity contribution in [1.29, 1.82) is 0 Å². The van der Waals surface area contributed by atoms with Gasteiger partial charge in [-0.25, -0.2) is 0 Å². The Morgan fingerprint density at radius 1 is 1.24 bits per heavy atom. The summed E-state index contributed by atoms with van der Waals surface area (Å²) < 4.78 is 0. The first-order chi connectivity index (χ1) is 7.92. The van der Waals surface area contributed by atoms with E-state index in [1.807, 2.05) is 0 Å². The lowest BCUT2D eigenvalue weighted by Crippen LogP contribution is -2.51. The van der Waals surface area contributed by atoms with Crippen LogP contribution >= 0.6 is 0 Å². The highest BCUT2D eigenvalue weighted by atomic mass is 16.3. The molecule has 0 bridgehead atoms. The van der Waals surface area contributed by atoms with Gasteiger partial charge in [-0.05, 0) is 43.1 Å². The maximum absolute atomic E-state index is 10.5. The monoisotopic (exact) mass is 239 g/mol. The minimum atomic E-state index is -0.137. The SMILES string of the molecule is CC(C)C1CCN(C2CCCC(C)(C)C2O)C1. The van der Waals surface area contributed by atoms with E-state index in [1.54, 1.807) is 0 Å². The number of aliphatic hydroxyl groups excluding tert-OH is 1. The van der Waals surface area contributed by atoms with Crippen molar-refractivity contribution in [2.45, 2.75) is 65.5 Å². The van der Waals surface area contributed by atoms with Gasteiger partial charge in [0.2, 0.25) is 0 Å². The van der Waals surface area contributed by atoms with E-state index >= 15 is 0 Å². The third-order valence-electron chi connectivity index (χ3n) is 5.15. The fourth-order valence-corrected chi connectivity index (χ4v) is 3.64. The average molecular weight is 239 g/mol. The van der Waals surface area contributed by atoms with Crippen molar-refractivity contribution in [3.63, 3.8) is 0 Å². The zero-order valence-electron chi connectivity index (χ0n) is 11.9. The lowest BCUT2D eigenvalue weighted by molar-refractivity contribution is -0.0523. The minimum Gasteiger partial charge on any atom is -0.391 e. The molecule has 0 aromatic heterocycles. The molecule has 0 aromatic carbocycles. The molecule has 1 heterocycles. The molecule has 2 heteroatoms. The van der Waals surface area contributed by atoms with Crippen LogP contribution in [-0.2, 0) is 0 Å². The molecule has 100 valence electrons. The Morgan fingerprint density at radius 2 is 1.94 bits per heavy atom. The Bertz CT molecular complexity index is 262. The molecule has 2 nitrogen and oxygen atoms in total. The second-order valence-corrected chi connectivity index (χ2v) is 7.18. The molecule has 1 saturated carbocycles. The molecule has 1 aliphatic heterocycles. The number of likely N-dealkylation sites (tertiary alicyclic amines) is 1. The molecule has 0 radical (unpaired) electrons. The van der Waals surface area contributed by atoms with Crippen LogP contribution < -0.4 is 0 Å².